The van der Waals surface area contributed by atoms with Crippen molar-refractivity contribution >= 4 is 15.9 Å². The van der Waals surface area contributed by atoms with Gasteiger partial charge in [-0.2, -0.15) is 0 Å². The van der Waals surface area contributed by atoms with E-state index in [0.29, 0.717) is 10.8 Å². The largest absolute Gasteiger partial charge is 0.347 e. The second-order valence-electron chi connectivity index (χ2n) is 6.97. The third-order valence-electron chi connectivity index (χ3n) is 3.54. The van der Waals surface area contributed by atoms with Crippen LogP contribution in [0, 0.1) is 10.8 Å². The number of ether oxygens (including phenoxy) is 2. The van der Waals surface area contributed by atoms with E-state index in [2.05, 4.69) is 43.6 Å². The van der Waals surface area contributed by atoms with Crippen LogP contribution in [0.15, 0.2) is 0 Å². The van der Waals surface area contributed by atoms with Gasteiger partial charge in [-0.05, 0) is 17.3 Å². The molecule has 0 N–H and O–H groups in total. The van der Waals surface area contributed by atoms with Crippen molar-refractivity contribution in [2.75, 3.05) is 11.9 Å². The highest BCUT2D eigenvalue weighted by atomic mass is 79.9. The van der Waals surface area contributed by atoms with Crippen molar-refractivity contribution in [1.29, 1.82) is 0 Å². The monoisotopic (exact) mass is 290 g/mol. The van der Waals surface area contributed by atoms with Crippen molar-refractivity contribution in [1.82, 2.24) is 0 Å². The van der Waals surface area contributed by atoms with E-state index in [1.165, 1.54) is 6.42 Å². The number of rotatable bonds is 1. The Hall–Kier alpha value is 0.400. The molecule has 1 saturated carbocycles. The Bertz CT molecular complexity index is 257. The first-order valence-electron chi connectivity index (χ1n) is 6.14. The van der Waals surface area contributed by atoms with Crippen LogP contribution in [0.4, 0.5) is 0 Å². The van der Waals surface area contributed by atoms with Crippen LogP contribution in [0.1, 0.15) is 47.0 Å². The van der Waals surface area contributed by atoms with Crippen molar-refractivity contribution in [3.63, 3.8) is 0 Å². The van der Waals surface area contributed by atoms with E-state index in [0.717, 1.165) is 24.8 Å². The number of hydrogen-bond acceptors (Lipinski definition) is 2. The minimum atomic E-state index is -0.316. The molecule has 1 unspecified atom stereocenters. The molecule has 3 heteroatoms. The molecule has 1 atom stereocenters. The first-order chi connectivity index (χ1) is 7.26. The number of hydrogen-bond donors (Lipinski definition) is 0. The van der Waals surface area contributed by atoms with Crippen LogP contribution in [0.5, 0.6) is 0 Å². The molecule has 0 radical (unpaired) electrons. The Morgan fingerprint density at radius 3 is 2.06 bits per heavy atom. The van der Waals surface area contributed by atoms with Gasteiger partial charge in [0.25, 0.3) is 0 Å². The molecular weight excluding hydrogens is 268 g/mol. The Morgan fingerprint density at radius 2 is 1.62 bits per heavy atom. The van der Waals surface area contributed by atoms with Gasteiger partial charge in [0.2, 0.25) is 0 Å². The summed E-state index contributed by atoms with van der Waals surface area (Å²) in [5.74, 6) is -0.316. The van der Waals surface area contributed by atoms with E-state index < -0.39 is 0 Å². The number of halogens is 1. The summed E-state index contributed by atoms with van der Waals surface area (Å²) in [7, 11) is 0. The third kappa shape index (κ3) is 2.62. The zero-order chi connectivity index (χ0) is 12.0. The lowest BCUT2D eigenvalue weighted by atomic mass is 9.63. The molecule has 1 aliphatic heterocycles. The molecule has 1 aliphatic carbocycles. The predicted molar refractivity (Wildman–Crippen MR) is 68.8 cm³/mol. The first-order valence-corrected chi connectivity index (χ1v) is 7.26. The van der Waals surface area contributed by atoms with Gasteiger partial charge in [-0.15, -0.1) is 0 Å². The molecule has 1 heterocycles. The lowest BCUT2D eigenvalue weighted by molar-refractivity contribution is -0.228. The van der Waals surface area contributed by atoms with E-state index in [4.69, 9.17) is 9.47 Å². The molecule has 0 aromatic rings. The van der Waals surface area contributed by atoms with Crippen LogP contribution < -0.4 is 0 Å². The Labute approximate surface area is 107 Å². The van der Waals surface area contributed by atoms with Gasteiger partial charge in [0.1, 0.15) is 0 Å². The summed E-state index contributed by atoms with van der Waals surface area (Å²) < 4.78 is 12.1. The maximum Gasteiger partial charge on any atom is 0.169 e. The van der Waals surface area contributed by atoms with E-state index in [9.17, 15) is 0 Å². The normalized spacial score (nSPS) is 35.4. The average molecular weight is 291 g/mol. The molecule has 0 amide bonds. The van der Waals surface area contributed by atoms with Gasteiger partial charge in [0.05, 0.1) is 12.7 Å². The summed E-state index contributed by atoms with van der Waals surface area (Å²) in [6.45, 7) is 10.0. The van der Waals surface area contributed by atoms with E-state index in [1.54, 1.807) is 0 Å². The molecular formula is C13H23BrO2. The minimum absolute atomic E-state index is 0.227. The molecule has 2 nitrogen and oxygen atoms in total. The Morgan fingerprint density at radius 1 is 1.06 bits per heavy atom. The second kappa shape index (κ2) is 3.96. The molecule has 2 rings (SSSR count). The minimum Gasteiger partial charge on any atom is -0.347 e. The lowest BCUT2D eigenvalue weighted by Gasteiger charge is -2.49. The van der Waals surface area contributed by atoms with E-state index in [-0.39, 0.29) is 11.9 Å². The summed E-state index contributed by atoms with van der Waals surface area (Å²) in [6.07, 6.45) is 3.51. The van der Waals surface area contributed by atoms with Crippen molar-refractivity contribution in [2.45, 2.75) is 58.8 Å². The number of alkyl halides is 1. The Kier molecular flexibility index (Phi) is 3.18. The van der Waals surface area contributed by atoms with Crippen LogP contribution in [-0.2, 0) is 9.47 Å². The van der Waals surface area contributed by atoms with Crippen molar-refractivity contribution < 1.29 is 9.47 Å². The molecule has 0 aromatic carbocycles. The quantitative estimate of drug-likeness (QED) is 0.685. The third-order valence-corrected chi connectivity index (χ3v) is 4.26. The first kappa shape index (κ1) is 12.8. The highest BCUT2D eigenvalue weighted by molar-refractivity contribution is 9.09. The zero-order valence-corrected chi connectivity index (χ0v) is 12.4. The van der Waals surface area contributed by atoms with Gasteiger partial charge in [-0.25, -0.2) is 0 Å². The topological polar surface area (TPSA) is 18.5 Å². The maximum absolute atomic E-state index is 6.14. The summed E-state index contributed by atoms with van der Waals surface area (Å²) in [5, 5.41) is 0.871. The molecule has 1 saturated heterocycles. The van der Waals surface area contributed by atoms with Crippen LogP contribution in [0.25, 0.3) is 0 Å². The molecule has 0 bridgehead atoms. The van der Waals surface area contributed by atoms with E-state index >= 15 is 0 Å². The van der Waals surface area contributed by atoms with Crippen LogP contribution in [0.3, 0.4) is 0 Å². The van der Waals surface area contributed by atoms with Crippen molar-refractivity contribution in [2.24, 2.45) is 10.8 Å². The Balaban J connectivity index is 2.16. The molecule has 16 heavy (non-hydrogen) atoms. The van der Waals surface area contributed by atoms with Crippen LogP contribution in [-0.4, -0.2) is 23.8 Å². The SMILES string of the molecule is CC1(C)CC(C)(C)CC2(C1)OCC(CBr)O2. The fraction of sp³-hybridized carbons (Fsp3) is 1.00. The lowest BCUT2D eigenvalue weighted by Crippen LogP contribution is -2.47. The standard InChI is InChI=1S/C13H23BrO2/c1-11(2)7-12(3,4)9-13(8-11)15-6-10(5-14)16-13/h10H,5-9H2,1-4H3. The van der Waals surface area contributed by atoms with Gasteiger partial charge in [0.15, 0.2) is 5.79 Å². The summed E-state index contributed by atoms with van der Waals surface area (Å²) in [6, 6.07) is 0. The fourth-order valence-electron chi connectivity index (χ4n) is 3.82. The summed E-state index contributed by atoms with van der Waals surface area (Å²) in [5.41, 5.74) is 0.617. The smallest absolute Gasteiger partial charge is 0.169 e. The van der Waals surface area contributed by atoms with Crippen molar-refractivity contribution in [3.8, 4) is 0 Å². The molecule has 94 valence electrons. The van der Waals surface area contributed by atoms with Gasteiger partial charge in [-0.3, -0.25) is 0 Å². The summed E-state index contributed by atoms with van der Waals surface area (Å²) in [4.78, 5) is 0. The van der Waals surface area contributed by atoms with Gasteiger partial charge in [0, 0.05) is 18.2 Å². The van der Waals surface area contributed by atoms with Gasteiger partial charge >= 0.3 is 0 Å². The van der Waals surface area contributed by atoms with E-state index in [1.807, 2.05) is 0 Å². The van der Waals surface area contributed by atoms with Crippen LogP contribution >= 0.6 is 15.9 Å². The second-order valence-corrected chi connectivity index (χ2v) is 7.62. The average Bonchev–Trinajstić information content (AvgIpc) is 2.41. The highest BCUT2D eigenvalue weighted by Crippen LogP contribution is 2.53. The van der Waals surface area contributed by atoms with Crippen molar-refractivity contribution in [3.05, 3.63) is 0 Å². The molecule has 2 aliphatic rings. The fourth-order valence-corrected chi connectivity index (χ4v) is 4.14. The van der Waals surface area contributed by atoms with Gasteiger partial charge in [-0.1, -0.05) is 43.6 Å². The summed E-state index contributed by atoms with van der Waals surface area (Å²) >= 11 is 3.48. The molecule has 1 spiro atoms. The predicted octanol–water partition coefficient (Wildman–Crippen LogP) is 3.73. The molecule has 0 aromatic heterocycles. The molecule has 2 fully saturated rings. The van der Waals surface area contributed by atoms with Gasteiger partial charge < -0.3 is 9.47 Å². The van der Waals surface area contributed by atoms with Crippen LogP contribution in [0.2, 0.25) is 0 Å². The maximum atomic E-state index is 6.14. The highest BCUT2D eigenvalue weighted by Gasteiger charge is 2.52. The zero-order valence-electron chi connectivity index (χ0n) is 10.8.